The largest absolute Gasteiger partial charge is 0.419 e. The molecule has 1 fully saturated rings. The minimum Gasteiger partial charge on any atom is -0.298 e. The molecule has 0 amide bonds. The third-order valence-corrected chi connectivity index (χ3v) is 7.81. The molecule has 37 heavy (non-hydrogen) atoms. The number of ketones is 1. The Balaban J connectivity index is 1.48. The van der Waals surface area contributed by atoms with Crippen molar-refractivity contribution in [3.8, 4) is 11.3 Å². The summed E-state index contributed by atoms with van der Waals surface area (Å²) >= 11 is 0. The lowest BCUT2D eigenvalue weighted by molar-refractivity contribution is -0.140. The fourth-order valence-electron chi connectivity index (χ4n) is 4.07. The van der Waals surface area contributed by atoms with Gasteiger partial charge in [-0.2, -0.15) is 17.5 Å². The summed E-state index contributed by atoms with van der Waals surface area (Å²) < 4.78 is 106. The van der Waals surface area contributed by atoms with Crippen LogP contribution in [0, 0.1) is 11.6 Å². The average molecular weight is 543 g/mol. The Morgan fingerprint density at radius 1 is 1.03 bits per heavy atom. The van der Waals surface area contributed by atoms with Crippen LogP contribution in [0.1, 0.15) is 24.1 Å². The molecule has 1 saturated heterocycles. The Hall–Kier alpha value is -3.32. The number of carbonyl (C=O) groups is 1. The van der Waals surface area contributed by atoms with Gasteiger partial charge in [0.15, 0.2) is 5.78 Å². The fourth-order valence-corrected chi connectivity index (χ4v) is 5.72. The summed E-state index contributed by atoms with van der Waals surface area (Å²) in [5.74, 6) is -2.68. The van der Waals surface area contributed by atoms with Crippen molar-refractivity contribution in [3.05, 3.63) is 77.8 Å². The number of carbonyl (C=O) groups excluding carboxylic acids is 1. The van der Waals surface area contributed by atoms with E-state index >= 15 is 0 Å². The molecule has 0 radical (unpaired) electrons. The van der Waals surface area contributed by atoms with Crippen LogP contribution in [0.2, 0.25) is 0 Å². The van der Waals surface area contributed by atoms with E-state index in [9.17, 15) is 39.6 Å². The van der Waals surface area contributed by atoms with Crippen molar-refractivity contribution in [1.82, 2.24) is 14.3 Å². The van der Waals surface area contributed by atoms with Gasteiger partial charge in [0.2, 0.25) is 10.0 Å². The molecule has 1 aromatic heterocycles. The predicted octanol–water partition coefficient (Wildman–Crippen LogP) is 4.74. The number of hydrogen-bond acceptors (Lipinski definition) is 5. The van der Waals surface area contributed by atoms with Crippen molar-refractivity contribution in [2.24, 2.45) is 0 Å². The van der Waals surface area contributed by atoms with Gasteiger partial charge < -0.3 is 0 Å². The maximum Gasteiger partial charge on any atom is 0.419 e. The fraction of sp³-hybridized carbons (Fsp3) is 0.292. The number of benzene rings is 2. The van der Waals surface area contributed by atoms with E-state index in [0.717, 1.165) is 41.0 Å². The number of Topliss-reactive ketones (excluding diaryl/α,β-unsaturated/α-hetero) is 1. The Kier molecular flexibility index (Phi) is 7.38. The second-order valence-corrected chi connectivity index (χ2v) is 10.3. The van der Waals surface area contributed by atoms with Crippen LogP contribution in [0.4, 0.5) is 26.3 Å². The molecule has 4 rings (SSSR count). The van der Waals surface area contributed by atoms with Crippen molar-refractivity contribution in [2.45, 2.75) is 42.5 Å². The van der Waals surface area contributed by atoms with Crippen LogP contribution in [0.15, 0.2) is 59.8 Å². The number of halogens is 6. The van der Waals surface area contributed by atoms with Crippen molar-refractivity contribution < 1.29 is 39.6 Å². The lowest BCUT2D eigenvalue weighted by Crippen LogP contribution is -2.40. The topological polar surface area (TPSA) is 80.2 Å². The average Bonchev–Trinajstić information content (AvgIpc) is 3.25. The van der Waals surface area contributed by atoms with E-state index < -0.39 is 57.9 Å². The number of alkyl halides is 4. The zero-order chi connectivity index (χ0) is 27.0. The molecule has 0 bridgehead atoms. The molecule has 1 aliphatic heterocycles. The van der Waals surface area contributed by atoms with Gasteiger partial charge in [0.05, 0.1) is 22.2 Å². The third kappa shape index (κ3) is 5.82. The Bertz CT molecular complexity index is 1410. The maximum atomic E-state index is 14.2. The van der Waals surface area contributed by atoms with Gasteiger partial charge in [-0.15, -0.1) is 0 Å². The summed E-state index contributed by atoms with van der Waals surface area (Å²) in [6.07, 6.45) is -5.87. The van der Waals surface area contributed by atoms with Gasteiger partial charge in [-0.3, -0.25) is 4.79 Å². The zero-order valence-corrected chi connectivity index (χ0v) is 19.7. The molecule has 196 valence electrons. The first kappa shape index (κ1) is 26.7. The number of aromatic nitrogens is 2. The normalized spacial score (nSPS) is 18.8. The molecule has 0 saturated carbocycles. The molecular formula is C24H19F6N3O3S. The number of rotatable bonds is 7. The van der Waals surface area contributed by atoms with Crippen LogP contribution >= 0.6 is 0 Å². The highest BCUT2D eigenvalue weighted by Crippen LogP contribution is 2.33. The molecule has 0 aliphatic carbocycles. The summed E-state index contributed by atoms with van der Waals surface area (Å²) in [6.45, 7) is -0.521. The van der Waals surface area contributed by atoms with E-state index in [2.05, 4.69) is 9.97 Å². The SMILES string of the molecule is O=C(CCc1cc(-c2ccc(C(F)(F)F)c(F)c2)ncn1)[C@@H]1C[C@@H](F)CN1S(=O)(=O)c1ccc(F)cc1. The summed E-state index contributed by atoms with van der Waals surface area (Å²) in [7, 11) is -4.26. The number of sulfonamides is 1. The van der Waals surface area contributed by atoms with Crippen molar-refractivity contribution in [3.63, 3.8) is 0 Å². The van der Waals surface area contributed by atoms with Gasteiger partial charge in [-0.1, -0.05) is 6.07 Å². The van der Waals surface area contributed by atoms with Gasteiger partial charge in [-0.25, -0.2) is 31.6 Å². The summed E-state index contributed by atoms with van der Waals surface area (Å²) in [5.41, 5.74) is -0.941. The molecule has 2 atom stereocenters. The van der Waals surface area contributed by atoms with E-state index in [1.807, 2.05) is 0 Å². The van der Waals surface area contributed by atoms with Crippen molar-refractivity contribution >= 4 is 15.8 Å². The van der Waals surface area contributed by atoms with Crippen LogP contribution in [0.3, 0.4) is 0 Å². The van der Waals surface area contributed by atoms with Gasteiger partial charge in [0.25, 0.3) is 0 Å². The monoisotopic (exact) mass is 543 g/mol. The molecule has 3 aromatic rings. The summed E-state index contributed by atoms with van der Waals surface area (Å²) in [6, 6.07) is 6.40. The highest BCUT2D eigenvalue weighted by atomic mass is 32.2. The molecular weight excluding hydrogens is 524 g/mol. The summed E-state index contributed by atoms with van der Waals surface area (Å²) in [4.78, 5) is 20.6. The van der Waals surface area contributed by atoms with Crippen LogP contribution in [0.25, 0.3) is 11.3 Å². The first-order chi connectivity index (χ1) is 17.4. The van der Waals surface area contributed by atoms with Crippen LogP contribution in [0.5, 0.6) is 0 Å². The molecule has 1 aliphatic rings. The van der Waals surface area contributed by atoms with Crippen molar-refractivity contribution in [2.75, 3.05) is 6.54 Å². The van der Waals surface area contributed by atoms with E-state index in [-0.39, 0.29) is 35.4 Å². The Labute approximate surface area is 208 Å². The zero-order valence-electron chi connectivity index (χ0n) is 18.9. The van der Waals surface area contributed by atoms with E-state index in [1.165, 1.54) is 6.07 Å². The van der Waals surface area contributed by atoms with Gasteiger partial charge >= 0.3 is 6.18 Å². The first-order valence-corrected chi connectivity index (χ1v) is 12.4. The maximum absolute atomic E-state index is 14.2. The smallest absolute Gasteiger partial charge is 0.298 e. The second-order valence-electron chi connectivity index (χ2n) is 8.43. The van der Waals surface area contributed by atoms with Crippen LogP contribution in [-0.4, -0.2) is 47.2 Å². The molecule has 0 unspecified atom stereocenters. The number of hydrogen-bond donors (Lipinski definition) is 0. The standard InChI is InChI=1S/C24H19F6N3O3S/c25-15-2-5-18(6-3-15)37(35,36)33-12-16(26)10-22(33)23(34)8-4-17-11-21(32-13-31-17)14-1-7-19(20(27)9-14)24(28,29)30/h1-3,5-7,9,11,13,16,22H,4,8,10,12H2/t16-,22+/m1/s1. The molecule has 0 spiro atoms. The Morgan fingerprint density at radius 2 is 1.73 bits per heavy atom. The highest BCUT2D eigenvalue weighted by Gasteiger charge is 2.43. The highest BCUT2D eigenvalue weighted by molar-refractivity contribution is 7.89. The lowest BCUT2D eigenvalue weighted by Gasteiger charge is -2.22. The second kappa shape index (κ2) is 10.2. The van der Waals surface area contributed by atoms with Crippen molar-refractivity contribution in [1.29, 1.82) is 0 Å². The lowest BCUT2D eigenvalue weighted by atomic mass is 10.0. The minimum absolute atomic E-state index is 0.00460. The van der Waals surface area contributed by atoms with E-state index in [0.29, 0.717) is 17.8 Å². The molecule has 6 nitrogen and oxygen atoms in total. The van der Waals surface area contributed by atoms with Crippen LogP contribution in [-0.2, 0) is 27.4 Å². The number of nitrogens with zero attached hydrogens (tertiary/aromatic N) is 3. The van der Waals surface area contributed by atoms with E-state index in [1.54, 1.807) is 0 Å². The predicted molar refractivity (Wildman–Crippen MR) is 119 cm³/mol. The minimum atomic E-state index is -4.85. The molecule has 2 aromatic carbocycles. The first-order valence-electron chi connectivity index (χ1n) is 11.0. The van der Waals surface area contributed by atoms with E-state index in [4.69, 9.17) is 0 Å². The quantitative estimate of drug-likeness (QED) is 0.402. The molecule has 2 heterocycles. The molecule has 0 N–H and O–H groups in total. The van der Waals surface area contributed by atoms with Crippen LogP contribution < -0.4 is 0 Å². The van der Waals surface area contributed by atoms with Gasteiger partial charge in [0, 0.05) is 30.6 Å². The Morgan fingerprint density at radius 3 is 2.38 bits per heavy atom. The molecule has 13 heteroatoms. The number of aryl methyl sites for hydroxylation is 1. The van der Waals surface area contributed by atoms with Gasteiger partial charge in [0.1, 0.15) is 24.1 Å². The van der Waals surface area contributed by atoms with Gasteiger partial charge in [-0.05, 0) is 48.9 Å². The summed E-state index contributed by atoms with van der Waals surface area (Å²) in [5, 5.41) is 0. The third-order valence-electron chi connectivity index (χ3n) is 5.92.